The summed E-state index contributed by atoms with van der Waals surface area (Å²) in [6.45, 7) is 1.73. The predicted octanol–water partition coefficient (Wildman–Crippen LogP) is 3.05. The van der Waals surface area contributed by atoms with Crippen LogP contribution in [0.4, 0.5) is 4.39 Å². The highest BCUT2D eigenvalue weighted by Crippen LogP contribution is 2.20. The Morgan fingerprint density at radius 3 is 2.48 bits per heavy atom. The van der Waals surface area contributed by atoms with Crippen LogP contribution in [0.3, 0.4) is 0 Å². The van der Waals surface area contributed by atoms with Crippen LogP contribution in [0.25, 0.3) is 0 Å². The zero-order chi connectivity index (χ0) is 18.4. The number of carboxylic acid groups (broad SMARTS) is 1. The van der Waals surface area contributed by atoms with Crippen molar-refractivity contribution < 1.29 is 23.8 Å². The first kappa shape index (κ1) is 18.4. The monoisotopic (exact) mass is 345 g/mol. The minimum atomic E-state index is -1.04. The van der Waals surface area contributed by atoms with E-state index in [9.17, 15) is 14.0 Å². The molecule has 0 spiro atoms. The first-order valence-electron chi connectivity index (χ1n) is 7.81. The number of amides is 1. The van der Waals surface area contributed by atoms with Crippen LogP contribution in [0.15, 0.2) is 48.5 Å². The van der Waals surface area contributed by atoms with Crippen LogP contribution >= 0.6 is 0 Å². The van der Waals surface area contributed by atoms with Crippen molar-refractivity contribution in [2.24, 2.45) is 0 Å². The number of aliphatic carboxylic acids is 1. The van der Waals surface area contributed by atoms with Crippen molar-refractivity contribution in [3.8, 4) is 5.75 Å². The van der Waals surface area contributed by atoms with E-state index in [4.69, 9.17) is 9.84 Å². The summed E-state index contributed by atoms with van der Waals surface area (Å²) in [6.07, 6.45) is 0. The van der Waals surface area contributed by atoms with Gasteiger partial charge in [-0.15, -0.1) is 0 Å². The van der Waals surface area contributed by atoms with Crippen molar-refractivity contribution in [3.63, 3.8) is 0 Å². The Labute approximate surface area is 145 Å². The molecule has 25 heavy (non-hydrogen) atoms. The molecule has 0 fully saturated rings. The number of nitrogens with zero attached hydrogens (tertiary/aromatic N) is 1. The average molecular weight is 345 g/mol. The second-order valence-electron chi connectivity index (χ2n) is 5.80. The van der Waals surface area contributed by atoms with Gasteiger partial charge in [0.05, 0.1) is 5.92 Å². The number of benzene rings is 2. The Morgan fingerprint density at radius 1 is 1.20 bits per heavy atom. The van der Waals surface area contributed by atoms with Crippen LogP contribution in [0.1, 0.15) is 24.0 Å². The molecule has 1 unspecified atom stereocenters. The van der Waals surface area contributed by atoms with E-state index in [1.54, 1.807) is 55.3 Å². The summed E-state index contributed by atoms with van der Waals surface area (Å²) < 4.78 is 18.4. The van der Waals surface area contributed by atoms with Crippen molar-refractivity contribution in [1.29, 1.82) is 0 Å². The molecule has 0 radical (unpaired) electrons. The highest BCUT2D eigenvalue weighted by molar-refractivity contribution is 5.83. The van der Waals surface area contributed by atoms with Crippen molar-refractivity contribution >= 4 is 11.9 Å². The zero-order valence-corrected chi connectivity index (χ0v) is 14.1. The van der Waals surface area contributed by atoms with Gasteiger partial charge in [0, 0.05) is 13.6 Å². The first-order chi connectivity index (χ1) is 11.9. The molecule has 1 amide bonds. The molecule has 1 atom stereocenters. The highest BCUT2D eigenvalue weighted by Gasteiger charge is 2.19. The fourth-order valence-electron chi connectivity index (χ4n) is 2.44. The maximum Gasteiger partial charge on any atom is 0.341 e. The summed E-state index contributed by atoms with van der Waals surface area (Å²) in [5, 5.41) is 8.58. The van der Waals surface area contributed by atoms with Crippen molar-refractivity contribution in [2.75, 3.05) is 13.7 Å². The van der Waals surface area contributed by atoms with Gasteiger partial charge >= 0.3 is 5.97 Å². The number of halogens is 1. The van der Waals surface area contributed by atoms with Crippen LogP contribution in [-0.4, -0.2) is 35.5 Å². The topological polar surface area (TPSA) is 66.8 Å². The van der Waals surface area contributed by atoms with Gasteiger partial charge in [-0.3, -0.25) is 4.79 Å². The van der Waals surface area contributed by atoms with Gasteiger partial charge in [-0.05, 0) is 42.3 Å². The maximum atomic E-state index is 13.3. The van der Waals surface area contributed by atoms with Crippen LogP contribution < -0.4 is 4.74 Å². The molecular weight excluding hydrogens is 325 g/mol. The summed E-state index contributed by atoms with van der Waals surface area (Å²) in [5.74, 6) is -1.51. The predicted molar refractivity (Wildman–Crippen MR) is 90.9 cm³/mol. The zero-order valence-electron chi connectivity index (χ0n) is 14.1. The SMILES string of the molecule is CC(C(=O)N(C)Cc1ccc(OCC(=O)O)cc1)c1cccc(F)c1. The number of carbonyl (C=O) groups excluding carboxylic acids is 1. The number of likely N-dealkylation sites (N-methyl/N-ethyl adjacent to an activating group) is 1. The highest BCUT2D eigenvalue weighted by atomic mass is 19.1. The molecule has 2 aromatic carbocycles. The van der Waals surface area contributed by atoms with E-state index in [1.165, 1.54) is 12.1 Å². The van der Waals surface area contributed by atoms with Crippen molar-refractivity contribution in [1.82, 2.24) is 4.90 Å². The van der Waals surface area contributed by atoms with Gasteiger partial charge in [-0.2, -0.15) is 0 Å². The summed E-state index contributed by atoms with van der Waals surface area (Å²) in [5.41, 5.74) is 1.51. The van der Waals surface area contributed by atoms with Gasteiger partial charge in [-0.25, -0.2) is 9.18 Å². The van der Waals surface area contributed by atoms with Gasteiger partial charge in [0.2, 0.25) is 5.91 Å². The molecular formula is C19H20FNO4. The van der Waals surface area contributed by atoms with Crippen LogP contribution in [0.5, 0.6) is 5.75 Å². The molecule has 0 aliphatic heterocycles. The molecule has 2 aromatic rings. The minimum absolute atomic E-state index is 0.114. The third kappa shape index (κ3) is 5.31. The molecule has 0 bridgehead atoms. The van der Waals surface area contributed by atoms with E-state index < -0.39 is 18.5 Å². The van der Waals surface area contributed by atoms with Gasteiger partial charge in [0.25, 0.3) is 0 Å². The fourth-order valence-corrected chi connectivity index (χ4v) is 2.44. The number of ether oxygens (including phenoxy) is 1. The summed E-state index contributed by atoms with van der Waals surface area (Å²) in [6, 6.07) is 12.9. The Kier molecular flexibility index (Phi) is 6.11. The quantitative estimate of drug-likeness (QED) is 0.837. The summed E-state index contributed by atoms with van der Waals surface area (Å²) in [4.78, 5) is 24.6. The molecule has 0 aliphatic rings. The lowest BCUT2D eigenvalue weighted by molar-refractivity contribution is -0.139. The maximum absolute atomic E-state index is 13.3. The van der Waals surface area contributed by atoms with Gasteiger partial charge in [0.15, 0.2) is 6.61 Å². The smallest absolute Gasteiger partial charge is 0.341 e. The molecule has 0 aliphatic carbocycles. The molecule has 1 N–H and O–H groups in total. The van der Waals surface area contributed by atoms with Gasteiger partial charge in [0.1, 0.15) is 11.6 Å². The van der Waals surface area contributed by atoms with E-state index in [1.807, 2.05) is 0 Å². The van der Waals surface area contributed by atoms with Gasteiger partial charge < -0.3 is 14.7 Å². The average Bonchev–Trinajstić information content (AvgIpc) is 2.59. The normalized spacial score (nSPS) is 11.6. The third-order valence-electron chi connectivity index (χ3n) is 3.80. The largest absolute Gasteiger partial charge is 0.482 e. The first-order valence-corrected chi connectivity index (χ1v) is 7.81. The Hall–Kier alpha value is -2.89. The number of carboxylic acids is 1. The molecule has 6 heteroatoms. The van der Waals surface area contributed by atoms with Crippen LogP contribution in [0, 0.1) is 5.82 Å². The summed E-state index contributed by atoms with van der Waals surface area (Å²) in [7, 11) is 1.69. The van der Waals surface area contributed by atoms with Crippen molar-refractivity contribution in [2.45, 2.75) is 19.4 Å². The van der Waals surface area contributed by atoms with Crippen LogP contribution in [-0.2, 0) is 16.1 Å². The molecule has 132 valence electrons. The lowest BCUT2D eigenvalue weighted by atomic mass is 9.99. The third-order valence-corrected chi connectivity index (χ3v) is 3.80. The van der Waals surface area contributed by atoms with Crippen LogP contribution in [0.2, 0.25) is 0 Å². The number of hydrogen-bond acceptors (Lipinski definition) is 3. The lowest BCUT2D eigenvalue weighted by Crippen LogP contribution is -2.30. The van der Waals surface area contributed by atoms with E-state index >= 15 is 0 Å². The van der Waals surface area contributed by atoms with Gasteiger partial charge in [-0.1, -0.05) is 24.3 Å². The second kappa shape index (κ2) is 8.28. The molecule has 0 saturated carbocycles. The Bertz CT molecular complexity index is 745. The van der Waals surface area contributed by atoms with E-state index in [-0.39, 0.29) is 11.7 Å². The van der Waals surface area contributed by atoms with Crippen molar-refractivity contribution in [3.05, 3.63) is 65.5 Å². The molecule has 2 rings (SSSR count). The number of rotatable bonds is 7. The molecule has 0 saturated heterocycles. The van der Waals surface area contributed by atoms with E-state index in [0.717, 1.165) is 5.56 Å². The summed E-state index contributed by atoms with van der Waals surface area (Å²) >= 11 is 0. The van der Waals surface area contributed by atoms with E-state index in [0.29, 0.717) is 17.9 Å². The lowest BCUT2D eigenvalue weighted by Gasteiger charge is -2.22. The number of carbonyl (C=O) groups is 2. The molecule has 5 nitrogen and oxygen atoms in total. The Balaban J connectivity index is 1.97. The standard InChI is InChI=1S/C19H20FNO4/c1-13(15-4-3-5-16(20)10-15)19(24)21(2)11-14-6-8-17(9-7-14)25-12-18(22)23/h3-10,13H,11-12H2,1-2H3,(H,22,23). The fraction of sp³-hybridized carbons (Fsp3) is 0.263. The number of hydrogen-bond donors (Lipinski definition) is 1. The minimum Gasteiger partial charge on any atom is -0.482 e. The second-order valence-corrected chi connectivity index (χ2v) is 5.80. The Morgan fingerprint density at radius 2 is 1.88 bits per heavy atom. The molecule has 0 heterocycles. The molecule has 0 aromatic heterocycles. The van der Waals surface area contributed by atoms with E-state index in [2.05, 4.69) is 0 Å².